The summed E-state index contributed by atoms with van der Waals surface area (Å²) in [6.45, 7) is -0.156. The van der Waals surface area contributed by atoms with Gasteiger partial charge in [-0.15, -0.1) is 11.3 Å². The number of hydrogen-bond acceptors (Lipinski definition) is 11. The van der Waals surface area contributed by atoms with E-state index in [2.05, 4.69) is 15.1 Å². The fraction of sp³-hybridized carbons (Fsp3) is 0.250. The number of esters is 1. The van der Waals surface area contributed by atoms with Gasteiger partial charge in [0.05, 0.1) is 46.1 Å². The first-order valence-corrected chi connectivity index (χ1v) is 11.3. The molecular formula is C24H23N3O7S. The monoisotopic (exact) mass is 497 g/mol. The first-order valence-electron chi connectivity index (χ1n) is 10.4. The molecule has 2 aromatic heterocycles. The van der Waals surface area contributed by atoms with Gasteiger partial charge in [0, 0.05) is 17.0 Å². The molecule has 0 N–H and O–H groups in total. The molecular weight excluding hydrogens is 474 g/mol. The second-order valence-corrected chi connectivity index (χ2v) is 7.99. The average molecular weight is 498 g/mol. The number of carbonyl (C=O) groups is 1. The molecule has 0 amide bonds. The Morgan fingerprint density at radius 1 is 0.914 bits per heavy atom. The largest absolute Gasteiger partial charge is 0.497 e. The van der Waals surface area contributed by atoms with Crippen molar-refractivity contribution in [3.63, 3.8) is 0 Å². The van der Waals surface area contributed by atoms with Gasteiger partial charge in [0.25, 0.3) is 5.89 Å². The number of methoxy groups -OCH3 is 4. The van der Waals surface area contributed by atoms with Crippen molar-refractivity contribution in [2.45, 2.75) is 13.0 Å². The quantitative estimate of drug-likeness (QED) is 0.296. The van der Waals surface area contributed by atoms with Gasteiger partial charge >= 0.3 is 5.97 Å². The van der Waals surface area contributed by atoms with Crippen molar-refractivity contribution in [1.82, 2.24) is 15.1 Å². The highest BCUT2D eigenvalue weighted by Gasteiger charge is 2.17. The first-order chi connectivity index (χ1) is 17.0. The fourth-order valence-corrected chi connectivity index (χ4v) is 4.05. The molecule has 0 saturated carbocycles. The number of nitrogens with zero attached hydrogens (tertiary/aromatic N) is 3. The second kappa shape index (κ2) is 10.9. The van der Waals surface area contributed by atoms with E-state index in [0.717, 1.165) is 10.6 Å². The van der Waals surface area contributed by atoms with Gasteiger partial charge in [-0.2, -0.15) is 4.98 Å². The van der Waals surface area contributed by atoms with E-state index >= 15 is 0 Å². The number of benzene rings is 2. The van der Waals surface area contributed by atoms with E-state index in [1.54, 1.807) is 39.5 Å². The highest BCUT2D eigenvalue weighted by Crippen LogP contribution is 2.34. The molecule has 0 aliphatic carbocycles. The van der Waals surface area contributed by atoms with Gasteiger partial charge in [-0.05, 0) is 30.3 Å². The van der Waals surface area contributed by atoms with Crippen LogP contribution in [-0.4, -0.2) is 49.5 Å². The summed E-state index contributed by atoms with van der Waals surface area (Å²) in [5.41, 5.74) is 2.08. The number of rotatable bonds is 10. The Labute approximate surface area is 205 Å². The summed E-state index contributed by atoms with van der Waals surface area (Å²) in [6.07, 6.45) is 0.0110. The van der Waals surface area contributed by atoms with Crippen molar-refractivity contribution in [2.75, 3.05) is 28.4 Å². The number of ether oxygens (including phenoxy) is 5. The van der Waals surface area contributed by atoms with Crippen molar-refractivity contribution in [3.05, 3.63) is 53.4 Å². The molecule has 4 rings (SSSR count). The molecule has 0 atom stereocenters. The molecule has 10 nitrogen and oxygen atoms in total. The fourth-order valence-electron chi connectivity index (χ4n) is 3.24. The Morgan fingerprint density at radius 2 is 1.71 bits per heavy atom. The first kappa shape index (κ1) is 24.0. The van der Waals surface area contributed by atoms with Crippen LogP contribution in [-0.2, 0) is 22.6 Å². The van der Waals surface area contributed by atoms with Crippen LogP contribution in [0.1, 0.15) is 11.6 Å². The molecule has 11 heteroatoms. The van der Waals surface area contributed by atoms with Crippen LogP contribution < -0.4 is 18.9 Å². The maximum Gasteiger partial charge on any atom is 0.312 e. The normalized spacial score (nSPS) is 10.6. The standard InChI is InChI=1S/C24H23N3O7S/c1-29-16-6-7-17(19(11-16)31-3)23-26-21(34-27-23)12-33-22(28)10-15-13-35-24(25-15)14-5-8-18(30-2)20(9-14)32-4/h5-9,11,13H,10,12H2,1-4H3. The van der Waals surface area contributed by atoms with Crippen LogP contribution in [0.25, 0.3) is 22.0 Å². The Hall–Kier alpha value is -4.12. The van der Waals surface area contributed by atoms with E-state index in [-0.39, 0.29) is 18.9 Å². The molecule has 0 radical (unpaired) electrons. The number of hydrogen-bond donors (Lipinski definition) is 0. The van der Waals surface area contributed by atoms with Gasteiger partial charge in [0.1, 0.15) is 16.5 Å². The van der Waals surface area contributed by atoms with Crippen molar-refractivity contribution in [2.24, 2.45) is 0 Å². The maximum atomic E-state index is 12.3. The molecule has 0 bridgehead atoms. The van der Waals surface area contributed by atoms with Gasteiger partial charge in [0.15, 0.2) is 18.1 Å². The van der Waals surface area contributed by atoms with Crippen molar-refractivity contribution in [3.8, 4) is 45.0 Å². The van der Waals surface area contributed by atoms with Gasteiger partial charge in [-0.3, -0.25) is 4.79 Å². The summed E-state index contributed by atoms with van der Waals surface area (Å²) in [5, 5.41) is 6.51. The van der Waals surface area contributed by atoms with Crippen molar-refractivity contribution < 1.29 is 33.0 Å². The third-order valence-corrected chi connectivity index (χ3v) is 5.92. The van der Waals surface area contributed by atoms with E-state index in [4.69, 9.17) is 28.2 Å². The zero-order valence-electron chi connectivity index (χ0n) is 19.6. The Balaban J connectivity index is 1.36. The average Bonchev–Trinajstić information content (AvgIpc) is 3.56. The lowest BCUT2D eigenvalue weighted by Crippen LogP contribution is -2.08. The molecule has 0 fully saturated rings. The molecule has 2 aromatic carbocycles. The highest BCUT2D eigenvalue weighted by molar-refractivity contribution is 7.13. The lowest BCUT2D eigenvalue weighted by Gasteiger charge is -2.08. The minimum atomic E-state index is -0.462. The van der Waals surface area contributed by atoms with E-state index in [0.29, 0.717) is 40.1 Å². The van der Waals surface area contributed by atoms with Crippen molar-refractivity contribution in [1.29, 1.82) is 0 Å². The van der Waals surface area contributed by atoms with Gasteiger partial charge in [-0.25, -0.2) is 4.98 Å². The van der Waals surface area contributed by atoms with Crippen LogP contribution in [0.4, 0.5) is 0 Å². The zero-order chi connectivity index (χ0) is 24.8. The molecule has 0 saturated heterocycles. The smallest absolute Gasteiger partial charge is 0.312 e. The van der Waals surface area contributed by atoms with Crippen LogP contribution in [0.2, 0.25) is 0 Å². The number of aromatic nitrogens is 3. The SMILES string of the molecule is COc1ccc(-c2noc(COC(=O)Cc3csc(-c4ccc(OC)c(OC)c4)n3)n2)c(OC)c1. The molecule has 182 valence electrons. The molecule has 35 heavy (non-hydrogen) atoms. The molecule has 0 aliphatic rings. The topological polar surface area (TPSA) is 115 Å². The van der Waals surface area contributed by atoms with Crippen LogP contribution >= 0.6 is 11.3 Å². The van der Waals surface area contributed by atoms with E-state index in [9.17, 15) is 4.79 Å². The Kier molecular flexibility index (Phi) is 7.46. The van der Waals surface area contributed by atoms with E-state index in [1.165, 1.54) is 18.4 Å². The second-order valence-electron chi connectivity index (χ2n) is 7.13. The summed E-state index contributed by atoms with van der Waals surface area (Å²) < 4.78 is 31.7. The van der Waals surface area contributed by atoms with E-state index < -0.39 is 5.97 Å². The van der Waals surface area contributed by atoms with Crippen LogP contribution in [0.3, 0.4) is 0 Å². The van der Waals surface area contributed by atoms with E-state index in [1.807, 2.05) is 23.6 Å². The Morgan fingerprint density at radius 3 is 2.46 bits per heavy atom. The predicted octanol–water partition coefficient (Wildman–Crippen LogP) is 4.18. The summed E-state index contributed by atoms with van der Waals surface area (Å²) in [5.74, 6) is 2.42. The lowest BCUT2D eigenvalue weighted by molar-refractivity contribution is -0.144. The summed E-state index contributed by atoms with van der Waals surface area (Å²) in [6, 6.07) is 10.8. The summed E-state index contributed by atoms with van der Waals surface area (Å²) in [7, 11) is 6.26. The molecule has 0 spiro atoms. The lowest BCUT2D eigenvalue weighted by atomic mass is 10.2. The van der Waals surface area contributed by atoms with Gasteiger partial charge in [-0.1, -0.05) is 5.16 Å². The highest BCUT2D eigenvalue weighted by atomic mass is 32.1. The molecule has 0 aliphatic heterocycles. The third kappa shape index (κ3) is 5.52. The van der Waals surface area contributed by atoms with Crippen molar-refractivity contribution >= 4 is 17.3 Å². The maximum absolute atomic E-state index is 12.3. The van der Waals surface area contributed by atoms with Crippen LogP contribution in [0.5, 0.6) is 23.0 Å². The predicted molar refractivity (Wildman–Crippen MR) is 127 cm³/mol. The molecule has 2 heterocycles. The number of thiazole rings is 1. The van der Waals surface area contributed by atoms with Crippen LogP contribution in [0, 0.1) is 0 Å². The number of carbonyl (C=O) groups excluding carboxylic acids is 1. The van der Waals surface area contributed by atoms with Crippen LogP contribution in [0.15, 0.2) is 46.3 Å². The zero-order valence-corrected chi connectivity index (χ0v) is 20.4. The molecule has 4 aromatic rings. The third-order valence-electron chi connectivity index (χ3n) is 4.98. The molecule has 0 unspecified atom stereocenters. The minimum absolute atomic E-state index is 0.0110. The summed E-state index contributed by atoms with van der Waals surface area (Å²) in [4.78, 5) is 21.2. The summed E-state index contributed by atoms with van der Waals surface area (Å²) >= 11 is 1.42. The minimum Gasteiger partial charge on any atom is -0.497 e. The Bertz CT molecular complexity index is 1320. The van der Waals surface area contributed by atoms with Gasteiger partial charge < -0.3 is 28.2 Å². The van der Waals surface area contributed by atoms with Gasteiger partial charge in [0.2, 0.25) is 5.82 Å².